The fourth-order valence-electron chi connectivity index (χ4n) is 4.43. The van der Waals surface area contributed by atoms with Crippen LogP contribution in [0.4, 0.5) is 0 Å². The molecule has 1 aromatic carbocycles. The number of likely N-dealkylation sites (N-methyl/N-ethyl adjacent to an activating group) is 1. The number of hydrogen-bond donors (Lipinski definition) is 1. The van der Waals surface area contributed by atoms with Gasteiger partial charge in [-0.2, -0.15) is 4.98 Å². The highest BCUT2D eigenvalue weighted by molar-refractivity contribution is 6.05. The van der Waals surface area contributed by atoms with E-state index < -0.39 is 0 Å². The standard InChI is InChI=1S/C26H26N6O4/c1-14-24(16(3)36-31-14)18-10-20-17(11-22(18)34-5)25-21(12-29-20)30-26(35-13-23(33)27-4)32(25)15(2)19-8-6-7-9-28-19/h6-12,15H,13H2,1-5H3,(H,27,33)/t15-/m1/s1. The summed E-state index contributed by atoms with van der Waals surface area (Å²) in [5, 5.41) is 7.48. The lowest BCUT2D eigenvalue weighted by atomic mass is 10.0. The molecular weight excluding hydrogens is 460 g/mol. The molecule has 5 aromatic rings. The van der Waals surface area contributed by atoms with Crippen molar-refractivity contribution in [2.45, 2.75) is 26.8 Å². The molecule has 0 aliphatic carbocycles. The third kappa shape index (κ3) is 3.90. The summed E-state index contributed by atoms with van der Waals surface area (Å²) in [5.41, 5.74) is 5.48. The molecule has 0 aliphatic rings. The Morgan fingerprint density at radius 2 is 2.03 bits per heavy atom. The van der Waals surface area contributed by atoms with E-state index in [0.29, 0.717) is 23.0 Å². The molecule has 0 fully saturated rings. The maximum atomic E-state index is 11.9. The van der Waals surface area contributed by atoms with Gasteiger partial charge in [-0.1, -0.05) is 11.2 Å². The lowest BCUT2D eigenvalue weighted by Gasteiger charge is -2.18. The van der Waals surface area contributed by atoms with Crippen molar-refractivity contribution >= 4 is 27.8 Å². The number of aromatic nitrogens is 5. The van der Waals surface area contributed by atoms with Crippen molar-refractivity contribution in [3.05, 3.63) is 59.9 Å². The summed E-state index contributed by atoms with van der Waals surface area (Å²) in [7, 11) is 3.19. The van der Waals surface area contributed by atoms with E-state index in [4.69, 9.17) is 14.0 Å². The first-order valence-corrected chi connectivity index (χ1v) is 11.5. The SMILES string of the molecule is CNC(=O)COc1nc2cnc3cc(-c4c(C)noc4C)c(OC)cc3c2n1[C@H](C)c1ccccn1. The van der Waals surface area contributed by atoms with Gasteiger partial charge in [-0.3, -0.25) is 19.3 Å². The van der Waals surface area contributed by atoms with Gasteiger partial charge in [-0.05, 0) is 45.0 Å². The van der Waals surface area contributed by atoms with Gasteiger partial charge in [0.1, 0.15) is 17.0 Å². The minimum absolute atomic E-state index is 0.167. The van der Waals surface area contributed by atoms with Crippen LogP contribution in [0.15, 0.2) is 47.2 Å². The van der Waals surface area contributed by atoms with Crippen LogP contribution < -0.4 is 14.8 Å². The molecule has 4 heterocycles. The number of carbonyl (C=O) groups is 1. The largest absolute Gasteiger partial charge is 0.496 e. The summed E-state index contributed by atoms with van der Waals surface area (Å²) in [5.74, 6) is 1.09. The average molecular weight is 487 g/mol. The molecule has 0 unspecified atom stereocenters. The average Bonchev–Trinajstić information content (AvgIpc) is 3.45. The first-order valence-electron chi connectivity index (χ1n) is 11.5. The minimum atomic E-state index is -0.257. The Labute approximate surface area is 207 Å². The monoisotopic (exact) mass is 486 g/mol. The van der Waals surface area contributed by atoms with Crippen LogP contribution in [0.2, 0.25) is 0 Å². The lowest BCUT2D eigenvalue weighted by Crippen LogP contribution is -2.26. The van der Waals surface area contributed by atoms with Gasteiger partial charge >= 0.3 is 0 Å². The van der Waals surface area contributed by atoms with Crippen LogP contribution in [0, 0.1) is 13.8 Å². The zero-order chi connectivity index (χ0) is 25.4. The van der Waals surface area contributed by atoms with E-state index in [1.807, 2.05) is 55.7 Å². The van der Waals surface area contributed by atoms with Gasteiger partial charge in [-0.15, -0.1) is 0 Å². The molecule has 36 heavy (non-hydrogen) atoms. The molecule has 1 amide bonds. The molecule has 10 heteroatoms. The number of nitrogens with one attached hydrogen (secondary N) is 1. The zero-order valence-corrected chi connectivity index (χ0v) is 20.7. The van der Waals surface area contributed by atoms with Crippen LogP contribution in [-0.4, -0.2) is 51.3 Å². The second-order valence-electron chi connectivity index (χ2n) is 8.42. The number of ether oxygens (including phenoxy) is 2. The molecule has 0 radical (unpaired) electrons. The van der Waals surface area contributed by atoms with E-state index in [-0.39, 0.29) is 18.6 Å². The number of carbonyl (C=O) groups excluding carboxylic acids is 1. The summed E-state index contributed by atoms with van der Waals surface area (Å²) in [4.78, 5) is 25.8. The molecular formula is C26H26N6O4. The normalized spacial score (nSPS) is 12.1. The third-order valence-electron chi connectivity index (χ3n) is 6.22. The number of imidazole rings is 1. The maximum absolute atomic E-state index is 11.9. The summed E-state index contributed by atoms with van der Waals surface area (Å²) in [6.07, 6.45) is 3.45. The summed E-state index contributed by atoms with van der Waals surface area (Å²) in [6, 6.07) is 9.71. The number of benzene rings is 1. The van der Waals surface area contributed by atoms with E-state index in [0.717, 1.165) is 38.9 Å². The van der Waals surface area contributed by atoms with Crippen LogP contribution in [0.5, 0.6) is 11.8 Å². The highest BCUT2D eigenvalue weighted by atomic mass is 16.5. The maximum Gasteiger partial charge on any atom is 0.298 e. The van der Waals surface area contributed by atoms with Crippen molar-refractivity contribution in [3.63, 3.8) is 0 Å². The Bertz CT molecular complexity index is 1550. The second kappa shape index (κ2) is 9.29. The Morgan fingerprint density at radius 1 is 1.19 bits per heavy atom. The molecule has 1 atom stereocenters. The second-order valence-corrected chi connectivity index (χ2v) is 8.42. The van der Waals surface area contributed by atoms with Crippen LogP contribution in [-0.2, 0) is 4.79 Å². The van der Waals surface area contributed by atoms with Crippen molar-refractivity contribution in [1.82, 2.24) is 30.0 Å². The van der Waals surface area contributed by atoms with Gasteiger partial charge in [-0.25, -0.2) is 0 Å². The Hall–Kier alpha value is -4.47. The molecule has 0 aliphatic heterocycles. The first kappa shape index (κ1) is 23.3. The third-order valence-corrected chi connectivity index (χ3v) is 6.22. The molecule has 184 valence electrons. The fourth-order valence-corrected chi connectivity index (χ4v) is 4.43. The number of aryl methyl sites for hydroxylation is 2. The molecule has 4 aromatic heterocycles. The van der Waals surface area contributed by atoms with E-state index >= 15 is 0 Å². The Kier molecular flexibility index (Phi) is 6.01. The highest BCUT2D eigenvalue weighted by Crippen LogP contribution is 2.40. The molecule has 0 spiro atoms. The van der Waals surface area contributed by atoms with E-state index in [1.54, 1.807) is 26.6 Å². The van der Waals surface area contributed by atoms with Crippen molar-refractivity contribution in [2.75, 3.05) is 20.8 Å². The fraction of sp³-hybridized carbons (Fsp3) is 0.269. The Balaban J connectivity index is 1.77. The molecule has 0 bridgehead atoms. The number of pyridine rings is 2. The molecule has 0 saturated heterocycles. The molecule has 5 rings (SSSR count). The number of hydrogen-bond acceptors (Lipinski definition) is 8. The van der Waals surface area contributed by atoms with Gasteiger partial charge in [0.2, 0.25) is 0 Å². The number of rotatable bonds is 7. The zero-order valence-electron chi connectivity index (χ0n) is 20.7. The van der Waals surface area contributed by atoms with E-state index in [9.17, 15) is 4.79 Å². The minimum Gasteiger partial charge on any atom is -0.496 e. The van der Waals surface area contributed by atoms with Crippen molar-refractivity contribution in [1.29, 1.82) is 0 Å². The topological polar surface area (TPSA) is 117 Å². The van der Waals surface area contributed by atoms with Crippen LogP contribution >= 0.6 is 0 Å². The number of amides is 1. The quantitative estimate of drug-likeness (QED) is 0.367. The highest BCUT2D eigenvalue weighted by Gasteiger charge is 2.24. The van der Waals surface area contributed by atoms with Crippen LogP contribution in [0.1, 0.15) is 30.1 Å². The van der Waals surface area contributed by atoms with E-state index in [1.165, 1.54) is 0 Å². The number of methoxy groups -OCH3 is 1. The van der Waals surface area contributed by atoms with Crippen molar-refractivity contribution in [2.24, 2.45) is 0 Å². The predicted molar refractivity (Wildman–Crippen MR) is 134 cm³/mol. The predicted octanol–water partition coefficient (Wildman–Crippen LogP) is 3.99. The lowest BCUT2D eigenvalue weighted by molar-refractivity contribution is -0.122. The van der Waals surface area contributed by atoms with E-state index in [2.05, 4.69) is 25.4 Å². The van der Waals surface area contributed by atoms with Gasteiger partial charge in [0, 0.05) is 24.2 Å². The Morgan fingerprint density at radius 3 is 2.69 bits per heavy atom. The molecule has 0 saturated carbocycles. The summed E-state index contributed by atoms with van der Waals surface area (Å²) in [6.45, 7) is 5.61. The van der Waals surface area contributed by atoms with Gasteiger partial charge in [0.15, 0.2) is 6.61 Å². The summed E-state index contributed by atoms with van der Waals surface area (Å²) < 4.78 is 19.0. The first-order chi connectivity index (χ1) is 17.4. The van der Waals surface area contributed by atoms with Crippen molar-refractivity contribution < 1.29 is 18.8 Å². The summed E-state index contributed by atoms with van der Waals surface area (Å²) >= 11 is 0. The number of fused-ring (bicyclic) bond motifs is 3. The smallest absolute Gasteiger partial charge is 0.298 e. The van der Waals surface area contributed by atoms with Gasteiger partial charge in [0.05, 0.1) is 47.3 Å². The van der Waals surface area contributed by atoms with Crippen LogP contribution in [0.3, 0.4) is 0 Å². The van der Waals surface area contributed by atoms with Gasteiger partial charge in [0.25, 0.3) is 11.9 Å². The molecule has 10 nitrogen and oxygen atoms in total. The van der Waals surface area contributed by atoms with Crippen molar-refractivity contribution in [3.8, 4) is 22.9 Å². The van der Waals surface area contributed by atoms with Gasteiger partial charge < -0.3 is 19.3 Å². The van der Waals surface area contributed by atoms with Crippen LogP contribution in [0.25, 0.3) is 33.1 Å². The number of nitrogens with zero attached hydrogens (tertiary/aromatic N) is 5. The molecule has 1 N–H and O–H groups in total.